The summed E-state index contributed by atoms with van der Waals surface area (Å²) in [5.41, 5.74) is 2.32. The highest BCUT2D eigenvalue weighted by atomic mass is 16.5. The number of benzene rings is 2. The molecule has 2 aromatic carbocycles. The summed E-state index contributed by atoms with van der Waals surface area (Å²) < 4.78 is 5.26. The van der Waals surface area contributed by atoms with E-state index in [9.17, 15) is 9.59 Å². The van der Waals surface area contributed by atoms with Crippen LogP contribution >= 0.6 is 0 Å². The second-order valence-electron chi connectivity index (χ2n) is 6.12. The van der Waals surface area contributed by atoms with E-state index in [4.69, 9.17) is 4.74 Å². The fraction of sp³-hybridized carbons (Fsp3) is 0.300. The Morgan fingerprint density at radius 1 is 1.08 bits per heavy atom. The molecule has 3 amide bonds. The highest BCUT2D eigenvalue weighted by Crippen LogP contribution is 2.27. The number of urea groups is 1. The van der Waals surface area contributed by atoms with Gasteiger partial charge in [0.25, 0.3) is 0 Å². The molecule has 2 rings (SSSR count). The molecule has 0 heterocycles. The van der Waals surface area contributed by atoms with Crippen molar-refractivity contribution in [3.8, 4) is 5.75 Å². The number of hydrogen-bond donors (Lipinski definition) is 3. The standard InChI is InChI=1S/C20H25N3O3/c1-14(9-10-16-7-5-4-6-8-16)21-20(25)23-18-13-17(22-15(2)24)11-12-19(18)26-3/h4-8,11-14H,9-10H2,1-3H3,(H,22,24)(H2,21,23,25)/t14-/m0/s1. The van der Waals surface area contributed by atoms with Crippen LogP contribution in [0.4, 0.5) is 16.2 Å². The van der Waals surface area contributed by atoms with Crippen molar-refractivity contribution in [3.05, 3.63) is 54.1 Å². The Morgan fingerprint density at radius 2 is 1.81 bits per heavy atom. The molecule has 0 aliphatic carbocycles. The number of hydrogen-bond acceptors (Lipinski definition) is 3. The van der Waals surface area contributed by atoms with Crippen LogP contribution < -0.4 is 20.7 Å². The zero-order valence-electron chi connectivity index (χ0n) is 15.3. The number of nitrogens with one attached hydrogen (secondary N) is 3. The molecule has 0 unspecified atom stereocenters. The molecule has 0 aromatic heterocycles. The van der Waals surface area contributed by atoms with Crippen LogP contribution in [-0.2, 0) is 11.2 Å². The summed E-state index contributed by atoms with van der Waals surface area (Å²) in [4.78, 5) is 23.5. The molecule has 0 aliphatic heterocycles. The molecule has 1 atom stereocenters. The van der Waals surface area contributed by atoms with E-state index in [1.165, 1.54) is 19.6 Å². The largest absolute Gasteiger partial charge is 0.495 e. The van der Waals surface area contributed by atoms with Gasteiger partial charge in [0.1, 0.15) is 5.75 Å². The molecule has 0 aliphatic rings. The van der Waals surface area contributed by atoms with Gasteiger partial charge in [-0.3, -0.25) is 4.79 Å². The normalized spacial score (nSPS) is 11.3. The van der Waals surface area contributed by atoms with Crippen LogP contribution in [-0.4, -0.2) is 25.1 Å². The van der Waals surface area contributed by atoms with Gasteiger partial charge in [-0.25, -0.2) is 4.79 Å². The van der Waals surface area contributed by atoms with Gasteiger partial charge in [0.15, 0.2) is 0 Å². The van der Waals surface area contributed by atoms with Gasteiger partial charge in [-0.15, -0.1) is 0 Å². The lowest BCUT2D eigenvalue weighted by Gasteiger charge is -2.16. The van der Waals surface area contributed by atoms with Crippen LogP contribution in [0, 0.1) is 0 Å². The molecule has 0 saturated heterocycles. The monoisotopic (exact) mass is 355 g/mol. The first kappa shape index (κ1) is 19.3. The van der Waals surface area contributed by atoms with Crippen LogP contribution in [0.2, 0.25) is 0 Å². The summed E-state index contributed by atoms with van der Waals surface area (Å²) in [5, 5.41) is 8.38. The van der Waals surface area contributed by atoms with Crippen molar-refractivity contribution in [1.82, 2.24) is 5.32 Å². The Morgan fingerprint density at radius 3 is 2.46 bits per heavy atom. The minimum atomic E-state index is -0.316. The Bertz CT molecular complexity index is 747. The molecule has 0 saturated carbocycles. The van der Waals surface area contributed by atoms with E-state index in [1.54, 1.807) is 18.2 Å². The maximum Gasteiger partial charge on any atom is 0.319 e. The first-order valence-electron chi connectivity index (χ1n) is 8.55. The van der Waals surface area contributed by atoms with Crippen molar-refractivity contribution in [3.63, 3.8) is 0 Å². The summed E-state index contributed by atoms with van der Waals surface area (Å²) in [5.74, 6) is 0.339. The average molecular weight is 355 g/mol. The smallest absolute Gasteiger partial charge is 0.319 e. The molecule has 0 spiro atoms. The van der Waals surface area contributed by atoms with E-state index in [0.29, 0.717) is 17.1 Å². The van der Waals surface area contributed by atoms with E-state index >= 15 is 0 Å². The molecule has 0 radical (unpaired) electrons. The quantitative estimate of drug-likeness (QED) is 0.707. The van der Waals surface area contributed by atoms with Gasteiger partial charge in [0.2, 0.25) is 5.91 Å². The van der Waals surface area contributed by atoms with Crippen LogP contribution in [0.15, 0.2) is 48.5 Å². The van der Waals surface area contributed by atoms with E-state index in [1.807, 2.05) is 25.1 Å². The van der Waals surface area contributed by atoms with E-state index in [0.717, 1.165) is 12.8 Å². The second-order valence-corrected chi connectivity index (χ2v) is 6.12. The molecule has 6 nitrogen and oxygen atoms in total. The van der Waals surface area contributed by atoms with Gasteiger partial charge in [-0.1, -0.05) is 30.3 Å². The molecular formula is C20H25N3O3. The van der Waals surface area contributed by atoms with E-state index in [2.05, 4.69) is 28.1 Å². The van der Waals surface area contributed by atoms with Crippen molar-refractivity contribution in [1.29, 1.82) is 0 Å². The third-order valence-corrected chi connectivity index (χ3v) is 3.85. The lowest BCUT2D eigenvalue weighted by Crippen LogP contribution is -2.36. The predicted octanol–water partition coefficient (Wildman–Crippen LogP) is 3.80. The van der Waals surface area contributed by atoms with Gasteiger partial charge < -0.3 is 20.7 Å². The number of anilines is 2. The third-order valence-electron chi connectivity index (χ3n) is 3.85. The van der Waals surface area contributed by atoms with Crippen LogP contribution in [0.1, 0.15) is 25.8 Å². The number of aryl methyl sites for hydroxylation is 1. The van der Waals surface area contributed by atoms with Crippen molar-refractivity contribution in [2.75, 3.05) is 17.7 Å². The van der Waals surface area contributed by atoms with Crippen LogP contribution in [0.5, 0.6) is 5.75 Å². The maximum absolute atomic E-state index is 12.3. The highest BCUT2D eigenvalue weighted by Gasteiger charge is 2.11. The van der Waals surface area contributed by atoms with Gasteiger partial charge in [0, 0.05) is 18.7 Å². The second kappa shape index (κ2) is 9.46. The first-order chi connectivity index (χ1) is 12.5. The topological polar surface area (TPSA) is 79.5 Å². The van der Waals surface area contributed by atoms with Crippen molar-refractivity contribution in [2.24, 2.45) is 0 Å². The van der Waals surface area contributed by atoms with Crippen molar-refractivity contribution >= 4 is 23.3 Å². The van der Waals surface area contributed by atoms with E-state index in [-0.39, 0.29) is 18.0 Å². The minimum Gasteiger partial charge on any atom is -0.495 e. The van der Waals surface area contributed by atoms with Crippen LogP contribution in [0.3, 0.4) is 0 Å². The zero-order valence-corrected chi connectivity index (χ0v) is 15.3. The first-order valence-corrected chi connectivity index (χ1v) is 8.55. The number of carbonyl (C=O) groups is 2. The molecule has 0 fully saturated rings. The fourth-order valence-corrected chi connectivity index (χ4v) is 2.57. The zero-order chi connectivity index (χ0) is 18.9. The van der Waals surface area contributed by atoms with Gasteiger partial charge in [-0.05, 0) is 43.5 Å². The van der Waals surface area contributed by atoms with Crippen molar-refractivity contribution in [2.45, 2.75) is 32.7 Å². The SMILES string of the molecule is COc1ccc(NC(C)=O)cc1NC(=O)N[C@@H](C)CCc1ccccc1. The maximum atomic E-state index is 12.3. The summed E-state index contributed by atoms with van der Waals surface area (Å²) in [7, 11) is 1.53. The van der Waals surface area contributed by atoms with E-state index < -0.39 is 0 Å². The molecule has 3 N–H and O–H groups in total. The number of amides is 3. The number of ether oxygens (including phenoxy) is 1. The lowest BCUT2D eigenvalue weighted by atomic mass is 10.1. The Labute approximate surface area is 153 Å². The molecule has 0 bridgehead atoms. The average Bonchev–Trinajstić information content (AvgIpc) is 2.60. The van der Waals surface area contributed by atoms with Gasteiger partial charge in [0.05, 0.1) is 12.8 Å². The Hall–Kier alpha value is -3.02. The molecule has 2 aromatic rings. The van der Waals surface area contributed by atoms with Crippen LogP contribution in [0.25, 0.3) is 0 Å². The molecule has 26 heavy (non-hydrogen) atoms. The van der Waals surface area contributed by atoms with Gasteiger partial charge >= 0.3 is 6.03 Å². The van der Waals surface area contributed by atoms with Crippen molar-refractivity contribution < 1.29 is 14.3 Å². The number of methoxy groups -OCH3 is 1. The number of rotatable bonds is 7. The highest BCUT2D eigenvalue weighted by molar-refractivity contribution is 5.94. The summed E-state index contributed by atoms with van der Waals surface area (Å²) in [6, 6.07) is 14.9. The summed E-state index contributed by atoms with van der Waals surface area (Å²) in [6.07, 6.45) is 1.73. The predicted molar refractivity (Wildman–Crippen MR) is 104 cm³/mol. The molecule has 6 heteroatoms. The summed E-state index contributed by atoms with van der Waals surface area (Å²) >= 11 is 0. The van der Waals surface area contributed by atoms with Gasteiger partial charge in [-0.2, -0.15) is 0 Å². The lowest BCUT2D eigenvalue weighted by molar-refractivity contribution is -0.114. The minimum absolute atomic E-state index is 0.0136. The fourth-order valence-electron chi connectivity index (χ4n) is 2.57. The Balaban J connectivity index is 1.92. The Kier molecular flexibility index (Phi) is 7.02. The molecular weight excluding hydrogens is 330 g/mol. The molecule has 138 valence electrons. The third kappa shape index (κ3) is 6.12. The summed E-state index contributed by atoms with van der Waals surface area (Å²) in [6.45, 7) is 3.39. The number of carbonyl (C=O) groups excluding carboxylic acids is 2.